The summed E-state index contributed by atoms with van der Waals surface area (Å²) in [7, 11) is -2.07. The van der Waals surface area contributed by atoms with Crippen molar-refractivity contribution in [3.8, 4) is 0 Å². The first kappa shape index (κ1) is 20.0. The van der Waals surface area contributed by atoms with E-state index in [2.05, 4.69) is 46.3 Å². The van der Waals surface area contributed by atoms with Crippen LogP contribution in [0.15, 0.2) is 5.11 Å². The molecule has 0 unspecified atom stereocenters. The van der Waals surface area contributed by atoms with E-state index >= 15 is 0 Å². The summed E-state index contributed by atoms with van der Waals surface area (Å²) in [5, 5.41) is 6.25. The van der Waals surface area contributed by atoms with Gasteiger partial charge in [0.2, 0.25) is 0 Å². The zero-order valence-electron chi connectivity index (χ0n) is 13.8. The van der Waals surface area contributed by atoms with Crippen molar-refractivity contribution in [1.29, 1.82) is 0 Å². The molecule has 0 aromatic carbocycles. The van der Waals surface area contributed by atoms with E-state index in [1.807, 2.05) is 0 Å². The highest BCUT2D eigenvalue weighted by Gasteiger charge is 2.32. The number of nitrogens with one attached hydrogen (secondary N) is 1. The molecule has 1 N–H and O–H groups in total. The molecule has 0 saturated carbocycles. The Morgan fingerprint density at radius 3 is 2.29 bits per heavy atom. The minimum Gasteiger partial charge on any atom is -0.455 e. The molecule has 21 heavy (non-hydrogen) atoms. The number of hydrogen-bond acceptors (Lipinski definition) is 4. The maximum absolute atomic E-state index is 11.0. The quantitative estimate of drug-likeness (QED) is 0.216. The molecular weight excluding hydrogens is 304 g/mol. The van der Waals surface area contributed by atoms with Crippen LogP contribution in [-0.4, -0.2) is 42.9 Å². The fourth-order valence-corrected chi connectivity index (χ4v) is 11.1. The minimum atomic E-state index is -1.72. The number of methoxy groups -OCH3 is 1. The molecule has 0 aliphatic heterocycles. The third-order valence-corrected chi connectivity index (χ3v) is 10.6. The fourth-order valence-electron chi connectivity index (χ4n) is 2.25. The van der Waals surface area contributed by atoms with Gasteiger partial charge in [-0.1, -0.05) is 5.11 Å². The summed E-state index contributed by atoms with van der Waals surface area (Å²) >= 11 is 0. The molecule has 0 aliphatic rings. The number of carbonyl (C=O) groups is 1. The van der Waals surface area contributed by atoms with E-state index in [9.17, 15) is 4.79 Å². The summed E-state index contributed by atoms with van der Waals surface area (Å²) in [5.74, 6) is 0. The third kappa shape index (κ3) is 11.3. The number of nitrogens with zero attached hydrogens (tertiary/aromatic N) is 3. The maximum atomic E-state index is 11.0. The molecule has 9 heteroatoms. The lowest BCUT2D eigenvalue weighted by atomic mass is 10.5. The van der Waals surface area contributed by atoms with E-state index in [0.29, 0.717) is 13.1 Å². The van der Waals surface area contributed by atoms with E-state index in [1.165, 1.54) is 7.11 Å². The summed E-state index contributed by atoms with van der Waals surface area (Å²) in [6, 6.07) is 2.01. The molecule has 0 heterocycles. The van der Waals surface area contributed by atoms with Crippen molar-refractivity contribution in [2.75, 3.05) is 20.2 Å². The van der Waals surface area contributed by atoms with E-state index in [0.717, 1.165) is 24.9 Å². The van der Waals surface area contributed by atoms with E-state index in [1.54, 1.807) is 0 Å². The van der Waals surface area contributed by atoms with Crippen LogP contribution in [0.5, 0.6) is 0 Å². The average Bonchev–Trinajstić information content (AvgIpc) is 2.38. The normalized spacial score (nSPS) is 11.7. The Morgan fingerprint density at radius 1 is 1.19 bits per heavy atom. The Balaban J connectivity index is 4.06. The smallest absolute Gasteiger partial charge is 0.406 e. The lowest BCUT2D eigenvalue weighted by Gasteiger charge is -2.34. The standard InChI is InChI=1S/C12H28N4O3Si2/c1-18-12(17)14-8-6-10-20(2,3)19-21(4,5)11-7-9-15-16-13/h6-11H2,1-5H3,(H,14,17). The summed E-state index contributed by atoms with van der Waals surface area (Å²) in [4.78, 5) is 13.7. The molecule has 0 fully saturated rings. The molecule has 0 aromatic rings. The Hall–Kier alpha value is -1.03. The Morgan fingerprint density at radius 2 is 1.76 bits per heavy atom. The van der Waals surface area contributed by atoms with Gasteiger partial charge >= 0.3 is 6.09 Å². The van der Waals surface area contributed by atoms with Crippen LogP contribution in [0.25, 0.3) is 10.4 Å². The van der Waals surface area contributed by atoms with Crippen molar-refractivity contribution >= 4 is 22.7 Å². The first-order valence-corrected chi connectivity index (χ1v) is 13.5. The van der Waals surface area contributed by atoms with Crippen LogP contribution in [0.2, 0.25) is 38.3 Å². The highest BCUT2D eigenvalue weighted by atomic mass is 28.4. The zero-order chi connectivity index (χ0) is 16.4. The van der Waals surface area contributed by atoms with Crippen LogP contribution in [0.4, 0.5) is 4.79 Å². The van der Waals surface area contributed by atoms with Gasteiger partial charge in [-0.15, -0.1) is 0 Å². The van der Waals surface area contributed by atoms with Crippen LogP contribution in [0.1, 0.15) is 12.8 Å². The van der Waals surface area contributed by atoms with Crippen molar-refractivity contribution in [3.05, 3.63) is 10.4 Å². The Bertz CT molecular complexity index is 372. The number of hydrogen-bond donors (Lipinski definition) is 1. The van der Waals surface area contributed by atoms with Gasteiger partial charge in [0.15, 0.2) is 16.6 Å². The van der Waals surface area contributed by atoms with Crippen molar-refractivity contribution in [2.24, 2.45) is 5.11 Å². The van der Waals surface area contributed by atoms with Gasteiger partial charge in [0.25, 0.3) is 0 Å². The highest BCUT2D eigenvalue weighted by Crippen LogP contribution is 2.23. The first-order chi connectivity index (χ1) is 9.72. The minimum absolute atomic E-state index is 0.386. The molecule has 0 aromatic heterocycles. The van der Waals surface area contributed by atoms with Crippen LogP contribution in [-0.2, 0) is 8.85 Å². The summed E-state index contributed by atoms with van der Waals surface area (Å²) < 4.78 is 11.0. The molecule has 7 nitrogen and oxygen atoms in total. The van der Waals surface area contributed by atoms with Crippen LogP contribution in [0.3, 0.4) is 0 Å². The largest absolute Gasteiger partial charge is 0.455 e. The van der Waals surface area contributed by atoms with Gasteiger partial charge in [-0.05, 0) is 56.6 Å². The summed E-state index contributed by atoms with van der Waals surface area (Å²) in [5.41, 5.74) is 8.27. The van der Waals surface area contributed by atoms with Crippen LogP contribution in [0, 0.1) is 0 Å². The molecule has 0 spiro atoms. The first-order valence-electron chi connectivity index (χ1n) is 7.25. The van der Waals surface area contributed by atoms with Gasteiger partial charge in [-0.3, -0.25) is 0 Å². The zero-order valence-corrected chi connectivity index (χ0v) is 15.8. The Labute approximate surface area is 129 Å². The number of carbonyl (C=O) groups excluding carboxylic acids is 1. The number of rotatable bonds is 10. The predicted octanol–water partition coefficient (Wildman–Crippen LogP) is 3.86. The topological polar surface area (TPSA) is 96.3 Å². The second kappa shape index (κ2) is 9.83. The Kier molecular flexibility index (Phi) is 9.35. The van der Waals surface area contributed by atoms with Gasteiger partial charge < -0.3 is 14.2 Å². The van der Waals surface area contributed by atoms with Crippen molar-refractivity contribution in [3.63, 3.8) is 0 Å². The lowest BCUT2D eigenvalue weighted by molar-refractivity contribution is 0.171. The van der Waals surface area contributed by atoms with Gasteiger partial charge in [0.1, 0.15) is 0 Å². The second-order valence-corrected chi connectivity index (χ2v) is 15.1. The molecule has 122 valence electrons. The predicted molar refractivity (Wildman–Crippen MR) is 89.3 cm³/mol. The van der Waals surface area contributed by atoms with Crippen molar-refractivity contribution in [2.45, 2.75) is 51.1 Å². The number of ether oxygens (including phenoxy) is 1. The van der Waals surface area contributed by atoms with Crippen LogP contribution >= 0.6 is 0 Å². The van der Waals surface area contributed by atoms with Gasteiger partial charge in [0.05, 0.1) is 7.11 Å². The SMILES string of the molecule is COC(=O)NCCC[Si](C)(C)O[Si](C)(C)CCCN=[N+]=[N-]. The molecule has 0 rings (SSSR count). The molecule has 0 radical (unpaired) electrons. The molecule has 0 bridgehead atoms. The third-order valence-electron chi connectivity index (χ3n) is 3.06. The van der Waals surface area contributed by atoms with Crippen molar-refractivity contribution < 1.29 is 13.6 Å². The number of azide groups is 1. The van der Waals surface area contributed by atoms with E-state index < -0.39 is 16.6 Å². The molecular formula is C12H28N4O3Si2. The molecule has 0 saturated heterocycles. The monoisotopic (exact) mass is 332 g/mol. The van der Waals surface area contributed by atoms with Gasteiger partial charge in [-0.25, -0.2) is 4.79 Å². The van der Waals surface area contributed by atoms with E-state index in [-0.39, 0.29) is 6.09 Å². The summed E-state index contributed by atoms with van der Waals surface area (Å²) in [6.45, 7) is 10.0. The lowest BCUT2D eigenvalue weighted by Crippen LogP contribution is -2.44. The maximum Gasteiger partial charge on any atom is 0.406 e. The van der Waals surface area contributed by atoms with Gasteiger partial charge in [-0.2, -0.15) is 0 Å². The van der Waals surface area contributed by atoms with Crippen molar-refractivity contribution in [1.82, 2.24) is 5.32 Å². The number of amides is 1. The van der Waals surface area contributed by atoms with E-state index in [4.69, 9.17) is 9.65 Å². The summed E-state index contributed by atoms with van der Waals surface area (Å²) in [6.07, 6.45) is 1.40. The molecule has 0 aliphatic carbocycles. The highest BCUT2D eigenvalue weighted by molar-refractivity contribution is 6.84. The average molecular weight is 333 g/mol. The fraction of sp³-hybridized carbons (Fsp3) is 0.917. The van der Waals surface area contributed by atoms with Gasteiger partial charge in [0, 0.05) is 18.0 Å². The number of alkyl carbamates (subject to hydrolysis) is 1. The molecule has 1 amide bonds. The second-order valence-electron chi connectivity index (χ2n) is 6.20. The molecule has 0 atom stereocenters. The van der Waals surface area contributed by atoms with Crippen LogP contribution < -0.4 is 5.32 Å².